The van der Waals surface area contributed by atoms with Gasteiger partial charge < -0.3 is 33.2 Å². The molecule has 12 fully saturated rings. The number of esters is 3. The fourth-order valence-corrected chi connectivity index (χ4v) is 32.3. The molecule has 12 aliphatic carbocycles. The summed E-state index contributed by atoms with van der Waals surface area (Å²) in [6.45, 7) is 26.1. The third-order valence-electron chi connectivity index (χ3n) is 38.8. The molecule has 12 saturated carbocycles. The zero-order chi connectivity index (χ0) is 83.4. The van der Waals surface area contributed by atoms with Gasteiger partial charge in [0.15, 0.2) is 0 Å². The normalized spacial score (nSPS) is 39.6. The number of fused-ring (bicyclic) bond motifs is 16. The van der Waals surface area contributed by atoms with Gasteiger partial charge >= 0.3 is 17.9 Å². The molecule has 0 amide bonds. The van der Waals surface area contributed by atoms with Crippen molar-refractivity contribution < 1.29 is 47.5 Å². The molecule has 0 unspecified atom stereocenters. The molecule has 0 spiro atoms. The van der Waals surface area contributed by atoms with Crippen LogP contribution in [0.25, 0.3) is 10.8 Å². The molecule has 0 heterocycles. The molecule has 0 bridgehead atoms. The van der Waals surface area contributed by atoms with E-state index >= 15 is 4.79 Å². The summed E-state index contributed by atoms with van der Waals surface area (Å²) in [5, 5.41) is 2.28. The molecule has 10 heteroatoms. The largest absolute Gasteiger partial charge is 0.462 e. The van der Waals surface area contributed by atoms with E-state index in [2.05, 4.69) is 226 Å². The van der Waals surface area contributed by atoms with Crippen LogP contribution in [0.2, 0.25) is 0 Å². The number of rotatable bonds is 28. The van der Waals surface area contributed by atoms with Gasteiger partial charge in [-0.25, -0.2) is 0 Å². The van der Waals surface area contributed by atoms with Crippen molar-refractivity contribution in [1.82, 2.24) is 0 Å². The monoisotopic (exact) mass is 1640 g/mol. The summed E-state index contributed by atoms with van der Waals surface area (Å²) in [5.74, 6) is 8.96. The summed E-state index contributed by atoms with van der Waals surface area (Å²) in [5.41, 5.74) is 6.45. The summed E-state index contributed by atoms with van der Waals surface area (Å²) >= 11 is 0. The van der Waals surface area contributed by atoms with Gasteiger partial charge in [-0.3, -0.25) is 14.4 Å². The summed E-state index contributed by atoms with van der Waals surface area (Å²) in [6, 6.07) is 57.9. The van der Waals surface area contributed by atoms with Crippen LogP contribution < -0.4 is 0 Å². The number of ether oxygens (including phenoxy) is 7. The van der Waals surface area contributed by atoms with E-state index < -0.39 is 0 Å². The summed E-state index contributed by atoms with van der Waals surface area (Å²) in [4.78, 5) is 44.0. The van der Waals surface area contributed by atoms with Crippen LogP contribution in [0.5, 0.6) is 0 Å². The molecule has 0 radical (unpaired) electrons. The van der Waals surface area contributed by atoms with E-state index in [4.69, 9.17) is 33.2 Å². The lowest BCUT2D eigenvalue weighted by Gasteiger charge is -2.63. The third-order valence-corrected chi connectivity index (χ3v) is 38.8. The smallest absolute Gasteiger partial charge is 0.306 e. The molecule has 0 saturated heterocycles. The Labute approximate surface area is 727 Å². The zero-order valence-electron chi connectivity index (χ0n) is 75.3. The Morgan fingerprint density at radius 3 is 1.10 bits per heavy atom. The number of benzene rings is 6. The first-order valence-electron chi connectivity index (χ1n) is 49.2. The lowest BCUT2D eigenvalue weighted by atomic mass is 9.43. The van der Waals surface area contributed by atoms with Crippen LogP contribution in [0.15, 0.2) is 164 Å². The van der Waals surface area contributed by atoms with Crippen LogP contribution in [-0.4, -0.2) is 54.5 Å². The Balaban J connectivity index is 0.534. The van der Waals surface area contributed by atoms with Gasteiger partial charge in [-0.2, -0.15) is 0 Å². The number of hydrogen-bond acceptors (Lipinski definition) is 10. The minimum Gasteiger partial charge on any atom is -0.462 e. The average Bonchev–Trinajstić information content (AvgIpc) is 1.65. The maximum Gasteiger partial charge on any atom is 0.306 e. The number of carbonyl (C=O) groups is 3. The first-order valence-corrected chi connectivity index (χ1v) is 49.2. The van der Waals surface area contributed by atoms with Gasteiger partial charge in [0.05, 0.1) is 50.8 Å². The fraction of sp³-hybridized carbons (Fsp3) is 0.667. The van der Waals surface area contributed by atoms with E-state index in [-0.39, 0.29) is 87.3 Å². The van der Waals surface area contributed by atoms with E-state index in [1.807, 2.05) is 0 Å². The predicted octanol–water partition coefficient (Wildman–Crippen LogP) is 26.1. The highest BCUT2D eigenvalue weighted by atomic mass is 16.6. The standard InChI is InChI=1S/C111H148O10/c1-72(37-52-103(112)119-71-80-35-24-34-79-33-22-23-36-87(79)80)93-48-51-96-90-45-42-83-63-86(120-104(113)53-38-73(2)91-46-49-94-88-43-40-81-61-84(115-67-75-25-14-10-15-26-75)55-58-106(81,4)97(88)64-100(109(91,94)7)117-69-77-29-18-12-19-30-77)57-60-108(83,6)99(90)66-102(111(93,96)9)121-105(114)54-39-74(3)92-47-50-95-89-44-41-82-62-85(116-68-76-27-16-11-17-28-76)56-59-107(82,5)98(89)65-101(110(92,95)8)118-70-78-31-20-13-21-32-78/h10-36,72-74,81-86,88-102H,37-71H2,1-9H3/t72-,73-,74-,81-,82-,83-,84-,85-,86-,88+,89+,90+,91-,92-,93-,94+,95+,96+,97+,98+,99+,100+,101+,102+,106+,107+,108+,109-,110-,111-/m1/s1. The van der Waals surface area contributed by atoms with Gasteiger partial charge in [0.2, 0.25) is 0 Å². The molecule has 121 heavy (non-hydrogen) atoms. The highest BCUT2D eigenvalue weighted by Gasteiger charge is 2.69. The highest BCUT2D eigenvalue weighted by Crippen LogP contribution is 2.73. The Bertz CT molecular complexity index is 4470. The molecule has 0 aliphatic heterocycles. The lowest BCUT2D eigenvalue weighted by molar-refractivity contribution is -0.200. The van der Waals surface area contributed by atoms with Crippen molar-refractivity contribution in [1.29, 1.82) is 0 Å². The van der Waals surface area contributed by atoms with Crippen LogP contribution >= 0.6 is 0 Å². The van der Waals surface area contributed by atoms with Crippen LogP contribution in [0.3, 0.4) is 0 Å². The van der Waals surface area contributed by atoms with Crippen LogP contribution in [0, 0.1) is 139 Å². The average molecular weight is 1640 g/mol. The van der Waals surface area contributed by atoms with Crippen molar-refractivity contribution in [2.45, 2.75) is 325 Å². The quantitative estimate of drug-likeness (QED) is 0.0347. The molecular formula is C111H148O10. The van der Waals surface area contributed by atoms with Gasteiger partial charge in [0.25, 0.3) is 0 Å². The van der Waals surface area contributed by atoms with E-state index in [1.54, 1.807) is 0 Å². The summed E-state index contributed by atoms with van der Waals surface area (Å²) in [6.07, 6.45) is 31.9. The molecule has 6 aromatic carbocycles. The second kappa shape index (κ2) is 35.9. The minimum absolute atomic E-state index is 0.00345. The van der Waals surface area contributed by atoms with E-state index in [0.29, 0.717) is 159 Å². The van der Waals surface area contributed by atoms with E-state index in [0.717, 1.165) is 119 Å². The van der Waals surface area contributed by atoms with Gasteiger partial charge in [-0.15, -0.1) is 0 Å². The first kappa shape index (κ1) is 85.6. The van der Waals surface area contributed by atoms with Crippen molar-refractivity contribution in [2.24, 2.45) is 139 Å². The van der Waals surface area contributed by atoms with Crippen LogP contribution in [-0.2, 0) is 80.6 Å². The van der Waals surface area contributed by atoms with Crippen molar-refractivity contribution in [3.05, 3.63) is 192 Å². The predicted molar refractivity (Wildman–Crippen MR) is 481 cm³/mol. The molecule has 6 aromatic rings. The fourth-order valence-electron chi connectivity index (χ4n) is 32.3. The van der Waals surface area contributed by atoms with Gasteiger partial charge in [0, 0.05) is 24.7 Å². The zero-order valence-corrected chi connectivity index (χ0v) is 75.3. The first-order chi connectivity index (χ1) is 58.6. The maximum atomic E-state index is 15.5. The Morgan fingerprint density at radius 2 is 0.669 bits per heavy atom. The molecule has 0 N–H and O–H groups in total. The molecule has 12 aliphatic rings. The van der Waals surface area contributed by atoms with Crippen molar-refractivity contribution in [3.8, 4) is 0 Å². The SMILES string of the molecule is C[C@H](CCC(=O)O[C@@H]1CC[C@@]2(C)[C@H](CC[C@@H]3[C@@H]2C[C@H](OC(=O)CC[C@@H](C)[C@H]2CC[C@H]4[C@@H]5CC[C@@H]6C[C@H](OCc7ccccc7)CC[C@]6(C)[C@H]5C[C@H](OCc5ccccc5)[C@]24C)[C@]2(C)[C@@H]([C@H](C)CCC(=O)OCc4cccc5ccccc45)CC[C@@H]32)C1)[C@H]1CC[C@H]2[C@@H]3CC[C@@H]4C[C@H](OCc5ccccc5)CC[C@]4(C)[C@H]3C[C@H](OCc3ccccc3)[C@]12C. The second-order valence-electron chi connectivity index (χ2n) is 44.0. The van der Waals surface area contributed by atoms with Gasteiger partial charge in [-0.05, 0) is 346 Å². The van der Waals surface area contributed by atoms with Gasteiger partial charge in [0.1, 0.15) is 18.8 Å². The molecule has 652 valence electrons. The molecule has 30 atom stereocenters. The van der Waals surface area contributed by atoms with E-state index in [9.17, 15) is 9.59 Å². The molecular weight excluding hydrogens is 1490 g/mol. The van der Waals surface area contributed by atoms with Crippen LogP contribution in [0.1, 0.15) is 283 Å². The van der Waals surface area contributed by atoms with Crippen LogP contribution in [0.4, 0.5) is 0 Å². The van der Waals surface area contributed by atoms with E-state index in [1.165, 1.54) is 92.9 Å². The summed E-state index contributed by atoms with van der Waals surface area (Å²) in [7, 11) is 0. The maximum absolute atomic E-state index is 15.5. The Hall–Kier alpha value is -6.17. The third kappa shape index (κ3) is 16.6. The number of hydrogen-bond donors (Lipinski definition) is 0. The van der Waals surface area contributed by atoms with Crippen molar-refractivity contribution in [2.75, 3.05) is 0 Å². The Kier molecular flexibility index (Phi) is 25.4. The highest BCUT2D eigenvalue weighted by molar-refractivity contribution is 5.85. The molecule has 10 nitrogen and oxygen atoms in total. The number of carbonyl (C=O) groups excluding carboxylic acids is 3. The Morgan fingerprint density at radius 1 is 0.322 bits per heavy atom. The lowest BCUT2D eigenvalue weighted by Crippen LogP contribution is -2.59. The minimum atomic E-state index is -0.233. The topological polar surface area (TPSA) is 116 Å². The molecule has 18 rings (SSSR count). The second-order valence-corrected chi connectivity index (χ2v) is 44.0. The summed E-state index contributed by atoms with van der Waals surface area (Å²) < 4.78 is 48.6. The van der Waals surface area contributed by atoms with Gasteiger partial charge in [-0.1, -0.05) is 226 Å². The molecule has 0 aromatic heterocycles. The van der Waals surface area contributed by atoms with Crippen molar-refractivity contribution >= 4 is 28.7 Å². The van der Waals surface area contributed by atoms with Crippen molar-refractivity contribution in [3.63, 3.8) is 0 Å².